The van der Waals surface area contributed by atoms with Crippen LogP contribution in [0.25, 0.3) is 0 Å². The Balaban J connectivity index is 1.58. The second kappa shape index (κ2) is 17.4. The van der Waals surface area contributed by atoms with Gasteiger partial charge in [0.05, 0.1) is 13.0 Å². The number of carboxylic acid groups (broad SMARTS) is 1. The zero-order chi connectivity index (χ0) is 34.7. The summed E-state index contributed by atoms with van der Waals surface area (Å²) in [5.41, 5.74) is 1.70. The highest BCUT2D eigenvalue weighted by Gasteiger charge is 2.46. The Labute approximate surface area is 282 Å². The summed E-state index contributed by atoms with van der Waals surface area (Å²) in [4.78, 5) is 45.9. The number of hydrogen-bond acceptors (Lipinski definition) is 5. The first kappa shape index (κ1) is 38.5. The van der Waals surface area contributed by atoms with Gasteiger partial charge in [-0.05, 0) is 70.9 Å². The lowest BCUT2D eigenvalue weighted by Gasteiger charge is -2.45. The van der Waals surface area contributed by atoms with E-state index in [0.717, 1.165) is 36.9 Å². The molecule has 3 N–H and O–H groups in total. The Morgan fingerprint density at radius 1 is 0.957 bits per heavy atom. The summed E-state index contributed by atoms with van der Waals surface area (Å²) in [7, 11) is 0. The van der Waals surface area contributed by atoms with Gasteiger partial charge in [0, 0.05) is 51.7 Å². The van der Waals surface area contributed by atoms with Crippen molar-refractivity contribution in [1.82, 2.24) is 9.97 Å². The molecule has 0 aromatic carbocycles. The van der Waals surface area contributed by atoms with Gasteiger partial charge in [0.15, 0.2) is 17.4 Å². The highest BCUT2D eigenvalue weighted by Crippen LogP contribution is 2.38. The molecule has 0 amide bonds. The fourth-order valence-corrected chi connectivity index (χ4v) is 6.60. The SMILES string of the molecule is CCC=CCCCCCCCCC(C)(C)C(=O)c1cc[nH]c1CCCC(CC(=O)O)c1[nH]ccc1C(=O)C1OC(C)(C)OCC1(C)C. The van der Waals surface area contributed by atoms with E-state index in [1.54, 1.807) is 26.1 Å². The van der Waals surface area contributed by atoms with E-state index >= 15 is 0 Å². The number of ketones is 2. The number of Topliss-reactive ketones (excluding diaryl/α,β-unsaturated/α-hetero) is 2. The lowest BCUT2D eigenvalue weighted by Crippen LogP contribution is -2.53. The molecule has 1 aliphatic rings. The second-order valence-electron chi connectivity index (χ2n) is 15.2. The van der Waals surface area contributed by atoms with Crippen LogP contribution in [-0.4, -0.2) is 51.1 Å². The Morgan fingerprint density at radius 3 is 2.32 bits per heavy atom. The van der Waals surface area contributed by atoms with Crippen molar-refractivity contribution in [3.8, 4) is 0 Å². The molecule has 1 fully saturated rings. The maximum atomic E-state index is 13.8. The maximum Gasteiger partial charge on any atom is 0.304 e. The number of hydrogen-bond donors (Lipinski definition) is 3. The Bertz CT molecular complexity index is 1330. The topological polar surface area (TPSA) is 121 Å². The molecule has 2 atom stereocenters. The number of allylic oxidation sites excluding steroid dienone is 2. The fourth-order valence-electron chi connectivity index (χ4n) is 6.60. The number of H-pyrrole nitrogens is 2. The number of unbranched alkanes of at least 4 members (excludes halogenated alkanes) is 6. The molecule has 2 aromatic rings. The van der Waals surface area contributed by atoms with E-state index in [1.807, 2.05) is 40.0 Å². The number of ether oxygens (including phenoxy) is 2. The first-order valence-electron chi connectivity index (χ1n) is 17.8. The van der Waals surface area contributed by atoms with E-state index in [0.29, 0.717) is 37.1 Å². The van der Waals surface area contributed by atoms with E-state index in [9.17, 15) is 19.5 Å². The van der Waals surface area contributed by atoms with Crippen molar-refractivity contribution in [2.24, 2.45) is 10.8 Å². The summed E-state index contributed by atoms with van der Waals surface area (Å²) in [5.74, 6) is -2.22. The van der Waals surface area contributed by atoms with Crippen molar-refractivity contribution in [2.45, 2.75) is 150 Å². The third kappa shape index (κ3) is 11.3. The van der Waals surface area contributed by atoms with Crippen molar-refractivity contribution in [1.29, 1.82) is 0 Å². The number of aromatic nitrogens is 2. The minimum Gasteiger partial charge on any atom is -0.481 e. The van der Waals surface area contributed by atoms with Crippen molar-refractivity contribution in [2.75, 3.05) is 6.61 Å². The highest BCUT2D eigenvalue weighted by atomic mass is 16.7. The van der Waals surface area contributed by atoms with E-state index in [2.05, 4.69) is 29.0 Å². The lowest BCUT2D eigenvalue weighted by atomic mass is 9.79. The minimum atomic E-state index is -0.923. The van der Waals surface area contributed by atoms with Crippen molar-refractivity contribution >= 4 is 17.5 Å². The molecule has 2 aromatic heterocycles. The third-order valence-corrected chi connectivity index (χ3v) is 9.51. The van der Waals surface area contributed by atoms with E-state index in [1.165, 1.54) is 32.1 Å². The molecule has 0 saturated carbocycles. The second-order valence-corrected chi connectivity index (χ2v) is 15.2. The number of rotatable bonds is 21. The summed E-state index contributed by atoms with van der Waals surface area (Å²) in [5, 5.41) is 9.78. The fraction of sp³-hybridized carbons (Fsp3) is 0.667. The normalized spacial score (nSPS) is 18.4. The molecule has 0 spiro atoms. The Kier molecular flexibility index (Phi) is 14.3. The number of aliphatic carboxylic acids is 1. The first-order chi connectivity index (χ1) is 22.2. The lowest BCUT2D eigenvalue weighted by molar-refractivity contribution is -0.298. The summed E-state index contributed by atoms with van der Waals surface area (Å²) >= 11 is 0. The van der Waals surface area contributed by atoms with E-state index in [4.69, 9.17) is 9.47 Å². The molecule has 2 unspecified atom stereocenters. The van der Waals surface area contributed by atoms with Gasteiger partial charge in [0.2, 0.25) is 0 Å². The third-order valence-electron chi connectivity index (χ3n) is 9.51. The number of carboxylic acids is 1. The Morgan fingerprint density at radius 2 is 1.62 bits per heavy atom. The predicted molar refractivity (Wildman–Crippen MR) is 187 cm³/mol. The van der Waals surface area contributed by atoms with Crippen LogP contribution >= 0.6 is 0 Å². The zero-order valence-electron chi connectivity index (χ0n) is 30.0. The van der Waals surface area contributed by atoms with Gasteiger partial charge in [-0.25, -0.2) is 0 Å². The summed E-state index contributed by atoms with van der Waals surface area (Å²) < 4.78 is 11.9. The van der Waals surface area contributed by atoms with Gasteiger partial charge in [0.25, 0.3) is 0 Å². The predicted octanol–water partition coefficient (Wildman–Crippen LogP) is 9.58. The molecule has 8 nitrogen and oxygen atoms in total. The summed E-state index contributed by atoms with van der Waals surface area (Å²) in [6.07, 6.45) is 19.3. The molecular formula is C39H60N2O6. The summed E-state index contributed by atoms with van der Waals surface area (Å²) in [6.45, 7) is 14.1. The molecule has 0 bridgehead atoms. The van der Waals surface area contributed by atoms with Crippen LogP contribution in [0.4, 0.5) is 0 Å². The monoisotopic (exact) mass is 652 g/mol. The molecule has 0 aliphatic carbocycles. The molecule has 1 saturated heterocycles. The van der Waals surface area contributed by atoms with Crippen LogP contribution in [0.2, 0.25) is 0 Å². The molecule has 262 valence electrons. The first-order valence-corrected chi connectivity index (χ1v) is 17.8. The van der Waals surface area contributed by atoms with Crippen LogP contribution in [0, 0.1) is 10.8 Å². The number of aryl methyl sites for hydroxylation is 1. The standard InChI is InChI=1S/C39H60N2O6/c1-8-9-10-11-12-13-14-15-16-17-23-37(2,3)35(45)29-21-24-40-31(29)20-18-19-28(26-32(42)43)33-30(22-25-41-33)34(44)36-38(4,5)27-46-39(6,7)47-36/h9-10,21-22,24-25,28,36,40-41H,8,11-20,23,26-27H2,1-7H3,(H,42,43). The van der Waals surface area contributed by atoms with Crippen molar-refractivity contribution in [3.63, 3.8) is 0 Å². The van der Waals surface area contributed by atoms with Gasteiger partial charge in [-0.15, -0.1) is 0 Å². The maximum absolute atomic E-state index is 13.8. The van der Waals surface area contributed by atoms with Gasteiger partial charge < -0.3 is 24.5 Å². The van der Waals surface area contributed by atoms with Gasteiger partial charge >= 0.3 is 5.97 Å². The van der Waals surface area contributed by atoms with Crippen LogP contribution in [0.1, 0.15) is 164 Å². The van der Waals surface area contributed by atoms with Gasteiger partial charge in [-0.1, -0.05) is 78.9 Å². The average molecular weight is 653 g/mol. The molecule has 1 aliphatic heterocycles. The summed E-state index contributed by atoms with van der Waals surface area (Å²) in [6, 6.07) is 3.60. The van der Waals surface area contributed by atoms with Crippen LogP contribution in [0.3, 0.4) is 0 Å². The van der Waals surface area contributed by atoms with Crippen molar-refractivity contribution in [3.05, 3.63) is 59.2 Å². The minimum absolute atomic E-state index is 0.107. The van der Waals surface area contributed by atoms with Gasteiger partial charge in [-0.2, -0.15) is 0 Å². The zero-order valence-corrected chi connectivity index (χ0v) is 30.0. The Hall–Kier alpha value is -2.97. The van der Waals surface area contributed by atoms with Crippen LogP contribution in [-0.2, 0) is 20.7 Å². The van der Waals surface area contributed by atoms with Crippen molar-refractivity contribution < 1.29 is 29.0 Å². The molecular weight excluding hydrogens is 592 g/mol. The van der Waals surface area contributed by atoms with Gasteiger partial charge in [-0.3, -0.25) is 14.4 Å². The molecule has 47 heavy (non-hydrogen) atoms. The average Bonchev–Trinajstić information content (AvgIpc) is 3.68. The van der Waals surface area contributed by atoms with E-state index < -0.39 is 34.6 Å². The van der Waals surface area contributed by atoms with Crippen LogP contribution in [0.15, 0.2) is 36.7 Å². The highest BCUT2D eigenvalue weighted by molar-refractivity contribution is 6.02. The van der Waals surface area contributed by atoms with Crippen LogP contribution < -0.4 is 0 Å². The van der Waals surface area contributed by atoms with Crippen LogP contribution in [0.5, 0.6) is 0 Å². The quantitative estimate of drug-likeness (QED) is 0.0701. The molecule has 0 radical (unpaired) electrons. The number of aromatic amines is 2. The molecule has 3 heterocycles. The van der Waals surface area contributed by atoms with E-state index in [-0.39, 0.29) is 18.0 Å². The number of carbonyl (C=O) groups excluding carboxylic acids is 2. The number of nitrogens with one attached hydrogen (secondary N) is 2. The molecule has 8 heteroatoms. The largest absolute Gasteiger partial charge is 0.481 e. The number of carbonyl (C=O) groups is 3. The van der Waals surface area contributed by atoms with Gasteiger partial charge in [0.1, 0.15) is 6.10 Å². The molecule has 3 rings (SSSR count). The smallest absolute Gasteiger partial charge is 0.304 e.